The van der Waals surface area contributed by atoms with E-state index in [1.165, 1.54) is 0 Å². The second kappa shape index (κ2) is 4.86. The van der Waals surface area contributed by atoms with Gasteiger partial charge in [0, 0.05) is 24.8 Å². The van der Waals surface area contributed by atoms with Crippen LogP contribution < -0.4 is 0 Å². The van der Waals surface area contributed by atoms with Crippen molar-refractivity contribution in [1.82, 2.24) is 9.88 Å². The van der Waals surface area contributed by atoms with Crippen molar-refractivity contribution in [3.63, 3.8) is 0 Å². The molecule has 5 heteroatoms. The van der Waals surface area contributed by atoms with Crippen molar-refractivity contribution < 1.29 is 9.53 Å². The van der Waals surface area contributed by atoms with E-state index in [1.807, 2.05) is 20.8 Å². The molecule has 1 atom stereocenters. The molecule has 0 spiro atoms. The van der Waals surface area contributed by atoms with E-state index in [0.29, 0.717) is 23.8 Å². The van der Waals surface area contributed by atoms with Crippen molar-refractivity contribution in [2.75, 3.05) is 13.1 Å². The Kier molecular flexibility index (Phi) is 3.59. The van der Waals surface area contributed by atoms with E-state index >= 15 is 0 Å². The second-order valence-corrected chi connectivity index (χ2v) is 5.63. The maximum atomic E-state index is 12.4. The molecular formula is C13H17ClN2O2. The average Bonchev–Trinajstić information content (AvgIpc) is 2.25. The zero-order valence-electron chi connectivity index (χ0n) is 10.8. The van der Waals surface area contributed by atoms with Crippen LogP contribution in [0.15, 0.2) is 18.3 Å². The van der Waals surface area contributed by atoms with Crippen LogP contribution in [0, 0.1) is 0 Å². The van der Waals surface area contributed by atoms with Gasteiger partial charge in [-0.15, -0.1) is 0 Å². The summed E-state index contributed by atoms with van der Waals surface area (Å²) in [6.07, 6.45) is 1.58. The molecule has 1 saturated heterocycles. The number of carbonyl (C=O) groups is 1. The van der Waals surface area contributed by atoms with Gasteiger partial charge in [0.15, 0.2) is 0 Å². The molecule has 0 radical (unpaired) electrons. The maximum absolute atomic E-state index is 12.4. The van der Waals surface area contributed by atoms with Crippen molar-refractivity contribution in [2.24, 2.45) is 0 Å². The van der Waals surface area contributed by atoms with Gasteiger partial charge in [0.2, 0.25) is 0 Å². The molecule has 1 fully saturated rings. The van der Waals surface area contributed by atoms with Gasteiger partial charge in [-0.05, 0) is 32.9 Å². The zero-order chi connectivity index (χ0) is 13.3. The molecule has 1 aliphatic heterocycles. The largest absolute Gasteiger partial charge is 0.369 e. The minimum absolute atomic E-state index is 0.0254. The van der Waals surface area contributed by atoms with E-state index < -0.39 is 0 Å². The standard InChI is InChI=1S/C13H17ClN2O2/c1-9-7-16(8-13(2,3)18-9)12(17)10-4-5-15-11(14)6-10/h4-6,9H,7-8H2,1-3H3. The molecule has 1 aliphatic rings. The van der Waals surface area contributed by atoms with Crippen LogP contribution in [0.3, 0.4) is 0 Å². The highest BCUT2D eigenvalue weighted by Crippen LogP contribution is 2.22. The fourth-order valence-electron chi connectivity index (χ4n) is 2.33. The van der Waals surface area contributed by atoms with Crippen LogP contribution in [-0.4, -0.2) is 40.6 Å². The number of ether oxygens (including phenoxy) is 1. The van der Waals surface area contributed by atoms with E-state index in [9.17, 15) is 4.79 Å². The van der Waals surface area contributed by atoms with Crippen LogP contribution in [-0.2, 0) is 4.74 Å². The van der Waals surface area contributed by atoms with Crippen LogP contribution in [0.2, 0.25) is 5.15 Å². The van der Waals surface area contributed by atoms with Gasteiger partial charge < -0.3 is 9.64 Å². The van der Waals surface area contributed by atoms with E-state index in [0.717, 1.165) is 0 Å². The van der Waals surface area contributed by atoms with Gasteiger partial charge >= 0.3 is 0 Å². The first-order valence-corrected chi connectivity index (χ1v) is 6.34. The summed E-state index contributed by atoms with van der Waals surface area (Å²) in [5.74, 6) is -0.0254. The molecule has 0 N–H and O–H groups in total. The van der Waals surface area contributed by atoms with Gasteiger partial charge in [-0.2, -0.15) is 0 Å². The van der Waals surface area contributed by atoms with E-state index in [2.05, 4.69) is 4.98 Å². The maximum Gasteiger partial charge on any atom is 0.254 e. The first kappa shape index (κ1) is 13.3. The van der Waals surface area contributed by atoms with E-state index in [4.69, 9.17) is 16.3 Å². The van der Waals surface area contributed by atoms with Crippen LogP contribution in [0.1, 0.15) is 31.1 Å². The number of morpholine rings is 1. The molecule has 2 heterocycles. The summed E-state index contributed by atoms with van der Waals surface area (Å²) in [6.45, 7) is 7.13. The summed E-state index contributed by atoms with van der Waals surface area (Å²) in [7, 11) is 0. The molecular weight excluding hydrogens is 252 g/mol. The highest BCUT2D eigenvalue weighted by molar-refractivity contribution is 6.29. The number of aromatic nitrogens is 1. The number of rotatable bonds is 1. The Morgan fingerprint density at radius 2 is 2.33 bits per heavy atom. The normalized spacial score (nSPS) is 22.9. The molecule has 2 rings (SSSR count). The van der Waals surface area contributed by atoms with Crippen molar-refractivity contribution in [3.05, 3.63) is 29.0 Å². The third kappa shape index (κ3) is 3.00. The van der Waals surface area contributed by atoms with Crippen molar-refractivity contribution >= 4 is 17.5 Å². The zero-order valence-corrected chi connectivity index (χ0v) is 11.6. The van der Waals surface area contributed by atoms with E-state index in [-0.39, 0.29) is 17.6 Å². The van der Waals surface area contributed by atoms with Crippen LogP contribution >= 0.6 is 11.6 Å². The first-order valence-electron chi connectivity index (χ1n) is 5.96. The van der Waals surface area contributed by atoms with E-state index in [1.54, 1.807) is 23.2 Å². The molecule has 0 aromatic carbocycles. The number of nitrogens with zero attached hydrogens (tertiary/aromatic N) is 2. The number of amides is 1. The Balaban J connectivity index is 2.18. The number of halogens is 1. The Hall–Kier alpha value is -1.13. The molecule has 1 unspecified atom stereocenters. The topological polar surface area (TPSA) is 42.4 Å². The van der Waals surface area contributed by atoms with Crippen LogP contribution in [0.5, 0.6) is 0 Å². The minimum atomic E-state index is -0.315. The molecule has 18 heavy (non-hydrogen) atoms. The number of carbonyl (C=O) groups excluding carboxylic acids is 1. The summed E-state index contributed by atoms with van der Waals surface area (Å²) in [4.78, 5) is 18.1. The summed E-state index contributed by atoms with van der Waals surface area (Å²) >= 11 is 5.81. The van der Waals surface area contributed by atoms with Crippen molar-refractivity contribution in [3.8, 4) is 0 Å². The van der Waals surface area contributed by atoms with Crippen molar-refractivity contribution in [1.29, 1.82) is 0 Å². The Labute approximate surface area is 112 Å². The highest BCUT2D eigenvalue weighted by Gasteiger charge is 2.34. The second-order valence-electron chi connectivity index (χ2n) is 5.24. The minimum Gasteiger partial charge on any atom is -0.369 e. The Bertz CT molecular complexity index is 462. The van der Waals surface area contributed by atoms with Gasteiger partial charge in [-0.25, -0.2) is 4.98 Å². The summed E-state index contributed by atoms with van der Waals surface area (Å²) < 4.78 is 5.78. The first-order chi connectivity index (χ1) is 8.37. The van der Waals surface area contributed by atoms with Gasteiger partial charge in [0.1, 0.15) is 5.15 Å². The SMILES string of the molecule is CC1CN(C(=O)c2ccnc(Cl)c2)CC(C)(C)O1. The highest BCUT2D eigenvalue weighted by atomic mass is 35.5. The molecule has 1 aromatic rings. The summed E-state index contributed by atoms with van der Waals surface area (Å²) in [5, 5.41) is 0.335. The lowest BCUT2D eigenvalue weighted by atomic mass is 10.0. The average molecular weight is 269 g/mol. The molecule has 1 aromatic heterocycles. The Morgan fingerprint density at radius 1 is 1.61 bits per heavy atom. The molecule has 0 aliphatic carbocycles. The predicted octanol–water partition coefficient (Wildman–Crippen LogP) is 2.37. The molecule has 98 valence electrons. The predicted molar refractivity (Wildman–Crippen MR) is 69.8 cm³/mol. The lowest BCUT2D eigenvalue weighted by Crippen LogP contribution is -2.53. The van der Waals surface area contributed by atoms with Crippen LogP contribution in [0.25, 0.3) is 0 Å². The number of hydrogen-bond acceptors (Lipinski definition) is 3. The van der Waals surface area contributed by atoms with Gasteiger partial charge in [-0.1, -0.05) is 11.6 Å². The monoisotopic (exact) mass is 268 g/mol. The third-order valence-corrected chi connectivity index (χ3v) is 3.04. The number of hydrogen-bond donors (Lipinski definition) is 0. The van der Waals surface area contributed by atoms with Crippen LogP contribution in [0.4, 0.5) is 0 Å². The van der Waals surface area contributed by atoms with Gasteiger partial charge in [0.25, 0.3) is 5.91 Å². The summed E-state index contributed by atoms with van der Waals surface area (Å²) in [6, 6.07) is 3.28. The molecule has 0 bridgehead atoms. The molecule has 1 amide bonds. The van der Waals surface area contributed by atoms with Crippen molar-refractivity contribution in [2.45, 2.75) is 32.5 Å². The lowest BCUT2D eigenvalue weighted by molar-refractivity contribution is -0.118. The molecule has 4 nitrogen and oxygen atoms in total. The van der Waals surface area contributed by atoms with Gasteiger partial charge in [0.05, 0.1) is 11.7 Å². The fraction of sp³-hybridized carbons (Fsp3) is 0.538. The lowest BCUT2D eigenvalue weighted by Gasteiger charge is -2.41. The fourth-order valence-corrected chi connectivity index (χ4v) is 2.50. The van der Waals surface area contributed by atoms with Gasteiger partial charge in [-0.3, -0.25) is 4.79 Å². The molecule has 0 saturated carbocycles. The summed E-state index contributed by atoms with van der Waals surface area (Å²) in [5.41, 5.74) is 0.254. The Morgan fingerprint density at radius 3 is 2.94 bits per heavy atom. The number of pyridine rings is 1. The third-order valence-electron chi connectivity index (χ3n) is 2.83. The smallest absolute Gasteiger partial charge is 0.254 e. The quantitative estimate of drug-likeness (QED) is 0.735.